The molecule has 1 aromatic heterocycles. The standard InChI is InChI=1S/C23H28Cl2N4O4S/c1-13(2)29(22(32)16-5-6-18(24)19(25)7-16)11-20(30)27-23-26-17(12-34-23)8-21(31)28-9-14(3)33-15(4)10-28/h5-7,12-15H,8-11H2,1-4H3,(H,26,27,30). The number of morpholine rings is 1. The van der Waals surface area contributed by atoms with Crippen LogP contribution in [0.3, 0.4) is 0 Å². The highest BCUT2D eigenvalue weighted by Gasteiger charge is 2.27. The van der Waals surface area contributed by atoms with Gasteiger partial charge in [-0.25, -0.2) is 4.98 Å². The van der Waals surface area contributed by atoms with Gasteiger partial charge in [-0.05, 0) is 45.9 Å². The molecule has 2 atom stereocenters. The third kappa shape index (κ3) is 6.91. The van der Waals surface area contributed by atoms with E-state index in [2.05, 4.69) is 10.3 Å². The molecule has 0 spiro atoms. The Hall–Kier alpha value is -2.20. The van der Waals surface area contributed by atoms with E-state index in [4.69, 9.17) is 27.9 Å². The molecule has 1 aromatic carbocycles. The molecule has 2 aromatic rings. The fourth-order valence-electron chi connectivity index (χ4n) is 3.69. The first kappa shape index (κ1) is 26.4. The lowest BCUT2D eigenvalue weighted by molar-refractivity contribution is -0.142. The topological polar surface area (TPSA) is 91.8 Å². The molecule has 34 heavy (non-hydrogen) atoms. The number of carbonyl (C=O) groups excluding carboxylic acids is 3. The number of carbonyl (C=O) groups is 3. The Kier molecular flexibility index (Phi) is 8.92. The van der Waals surface area contributed by atoms with Crippen molar-refractivity contribution >= 4 is 57.4 Å². The lowest BCUT2D eigenvalue weighted by atomic mass is 10.1. The fourth-order valence-corrected chi connectivity index (χ4v) is 4.72. The highest BCUT2D eigenvalue weighted by atomic mass is 35.5. The number of nitrogens with one attached hydrogen (secondary N) is 1. The van der Waals surface area contributed by atoms with Gasteiger partial charge in [0.2, 0.25) is 11.8 Å². The van der Waals surface area contributed by atoms with Crippen molar-refractivity contribution in [1.82, 2.24) is 14.8 Å². The zero-order valence-electron chi connectivity index (χ0n) is 19.5. The Morgan fingerprint density at radius 3 is 2.50 bits per heavy atom. The number of anilines is 1. The minimum atomic E-state index is -0.384. The van der Waals surface area contributed by atoms with Crippen LogP contribution in [0.4, 0.5) is 5.13 Å². The van der Waals surface area contributed by atoms with Crippen LogP contribution in [-0.2, 0) is 20.7 Å². The van der Waals surface area contributed by atoms with Crippen LogP contribution in [-0.4, -0.2) is 70.4 Å². The van der Waals surface area contributed by atoms with Crippen LogP contribution in [0.2, 0.25) is 10.0 Å². The Labute approximate surface area is 213 Å². The van der Waals surface area contributed by atoms with Crippen LogP contribution in [0, 0.1) is 0 Å². The maximum absolute atomic E-state index is 12.9. The summed E-state index contributed by atoms with van der Waals surface area (Å²) < 4.78 is 5.67. The molecule has 1 aliphatic rings. The summed E-state index contributed by atoms with van der Waals surface area (Å²) in [5.41, 5.74) is 0.933. The van der Waals surface area contributed by atoms with Gasteiger partial charge in [-0.2, -0.15) is 0 Å². The Morgan fingerprint density at radius 2 is 1.88 bits per heavy atom. The predicted octanol–water partition coefficient (Wildman–Crippen LogP) is 4.12. The average molecular weight is 527 g/mol. The second-order valence-electron chi connectivity index (χ2n) is 8.58. The fraction of sp³-hybridized carbons (Fsp3) is 0.478. The van der Waals surface area contributed by atoms with Crippen molar-refractivity contribution in [2.24, 2.45) is 0 Å². The molecule has 3 rings (SSSR count). The molecule has 11 heteroatoms. The zero-order valence-corrected chi connectivity index (χ0v) is 21.8. The van der Waals surface area contributed by atoms with Gasteiger partial charge >= 0.3 is 0 Å². The van der Waals surface area contributed by atoms with Gasteiger partial charge in [0.25, 0.3) is 5.91 Å². The van der Waals surface area contributed by atoms with Crippen LogP contribution >= 0.6 is 34.5 Å². The summed E-state index contributed by atoms with van der Waals surface area (Å²) in [6, 6.07) is 4.38. The number of ether oxygens (including phenoxy) is 1. The quantitative estimate of drug-likeness (QED) is 0.585. The molecule has 0 radical (unpaired) electrons. The first-order chi connectivity index (χ1) is 16.0. The average Bonchev–Trinajstić information content (AvgIpc) is 3.19. The number of thiazole rings is 1. The molecule has 0 aliphatic carbocycles. The normalized spacial score (nSPS) is 18.1. The number of rotatable bonds is 7. The van der Waals surface area contributed by atoms with Gasteiger partial charge in [0.05, 0.1) is 34.4 Å². The van der Waals surface area contributed by atoms with E-state index in [1.807, 2.05) is 27.7 Å². The van der Waals surface area contributed by atoms with Gasteiger partial charge in [0, 0.05) is 30.1 Å². The zero-order chi connectivity index (χ0) is 25.0. The summed E-state index contributed by atoms with van der Waals surface area (Å²) in [5, 5.41) is 5.47. The number of nitrogens with zero attached hydrogens (tertiary/aromatic N) is 3. The van der Waals surface area contributed by atoms with E-state index in [0.717, 1.165) is 0 Å². The summed E-state index contributed by atoms with van der Waals surface area (Å²) in [4.78, 5) is 45.8. The van der Waals surface area contributed by atoms with Crippen molar-refractivity contribution in [2.45, 2.75) is 52.4 Å². The van der Waals surface area contributed by atoms with Crippen molar-refractivity contribution in [3.8, 4) is 0 Å². The Morgan fingerprint density at radius 1 is 1.21 bits per heavy atom. The van der Waals surface area contributed by atoms with Gasteiger partial charge in [-0.3, -0.25) is 14.4 Å². The molecule has 0 saturated carbocycles. The molecule has 3 amide bonds. The molecule has 184 valence electrons. The minimum Gasteiger partial charge on any atom is -0.372 e. The monoisotopic (exact) mass is 526 g/mol. The van der Waals surface area contributed by atoms with Crippen molar-refractivity contribution in [3.63, 3.8) is 0 Å². The van der Waals surface area contributed by atoms with Gasteiger partial charge in [-0.15, -0.1) is 11.3 Å². The van der Waals surface area contributed by atoms with E-state index in [0.29, 0.717) is 34.5 Å². The highest BCUT2D eigenvalue weighted by Crippen LogP contribution is 2.24. The van der Waals surface area contributed by atoms with Crippen LogP contribution in [0.15, 0.2) is 23.6 Å². The van der Waals surface area contributed by atoms with E-state index in [1.165, 1.54) is 22.3 Å². The number of amides is 3. The summed E-state index contributed by atoms with van der Waals surface area (Å²) in [6.45, 7) is 8.47. The highest BCUT2D eigenvalue weighted by molar-refractivity contribution is 7.13. The lowest BCUT2D eigenvalue weighted by Crippen LogP contribution is -2.48. The summed E-state index contributed by atoms with van der Waals surface area (Å²) >= 11 is 13.2. The van der Waals surface area contributed by atoms with Gasteiger partial charge < -0.3 is 19.9 Å². The second kappa shape index (κ2) is 11.5. The second-order valence-corrected chi connectivity index (χ2v) is 10.3. The van der Waals surface area contributed by atoms with E-state index in [9.17, 15) is 14.4 Å². The van der Waals surface area contributed by atoms with Gasteiger partial charge in [0.15, 0.2) is 5.13 Å². The van der Waals surface area contributed by atoms with E-state index < -0.39 is 0 Å². The Balaban J connectivity index is 1.59. The molecule has 0 bridgehead atoms. The predicted molar refractivity (Wildman–Crippen MR) is 134 cm³/mol. The molecule has 1 fully saturated rings. The molecular formula is C23H28Cl2N4O4S. The maximum Gasteiger partial charge on any atom is 0.254 e. The molecule has 1 N–H and O–H groups in total. The van der Waals surface area contributed by atoms with Crippen LogP contribution < -0.4 is 5.32 Å². The van der Waals surface area contributed by atoms with Crippen molar-refractivity contribution in [1.29, 1.82) is 0 Å². The van der Waals surface area contributed by atoms with Crippen LogP contribution in [0.25, 0.3) is 0 Å². The number of hydrogen-bond donors (Lipinski definition) is 1. The molecular weight excluding hydrogens is 499 g/mol. The first-order valence-electron chi connectivity index (χ1n) is 11.0. The van der Waals surface area contributed by atoms with Crippen molar-refractivity contribution < 1.29 is 19.1 Å². The number of hydrogen-bond acceptors (Lipinski definition) is 6. The molecule has 8 nitrogen and oxygen atoms in total. The summed E-state index contributed by atoms with van der Waals surface area (Å²) in [7, 11) is 0. The number of benzene rings is 1. The van der Waals surface area contributed by atoms with Crippen LogP contribution in [0.5, 0.6) is 0 Å². The molecule has 1 aliphatic heterocycles. The third-order valence-electron chi connectivity index (χ3n) is 5.27. The summed E-state index contributed by atoms with van der Waals surface area (Å²) in [6.07, 6.45) is 0.140. The van der Waals surface area contributed by atoms with E-state index >= 15 is 0 Å². The SMILES string of the molecule is CC1CN(C(=O)Cc2csc(NC(=O)CN(C(=O)c3ccc(Cl)c(Cl)c3)C(C)C)n2)CC(C)O1. The minimum absolute atomic E-state index is 0.00602. The van der Waals surface area contributed by atoms with E-state index in [1.54, 1.807) is 22.4 Å². The smallest absolute Gasteiger partial charge is 0.254 e. The first-order valence-corrected chi connectivity index (χ1v) is 12.6. The number of halogens is 2. The maximum atomic E-state index is 12.9. The largest absolute Gasteiger partial charge is 0.372 e. The molecule has 1 saturated heterocycles. The number of aromatic nitrogens is 1. The van der Waals surface area contributed by atoms with Crippen LogP contribution in [0.1, 0.15) is 43.7 Å². The van der Waals surface area contributed by atoms with Crippen molar-refractivity contribution in [2.75, 3.05) is 25.0 Å². The van der Waals surface area contributed by atoms with E-state index in [-0.39, 0.29) is 54.0 Å². The molecule has 2 unspecified atom stereocenters. The molecule has 2 heterocycles. The Bertz CT molecular complexity index is 1050. The third-order valence-corrected chi connectivity index (χ3v) is 6.81. The van der Waals surface area contributed by atoms with Gasteiger partial charge in [0.1, 0.15) is 6.54 Å². The van der Waals surface area contributed by atoms with Gasteiger partial charge in [-0.1, -0.05) is 23.2 Å². The summed E-state index contributed by atoms with van der Waals surface area (Å²) in [5.74, 6) is -0.739. The van der Waals surface area contributed by atoms with Crippen molar-refractivity contribution in [3.05, 3.63) is 44.9 Å². The lowest BCUT2D eigenvalue weighted by Gasteiger charge is -2.35.